The van der Waals surface area contributed by atoms with Gasteiger partial charge in [0.05, 0.1) is 0 Å². The quantitative estimate of drug-likeness (QED) is 0.738. The predicted octanol–water partition coefficient (Wildman–Crippen LogP) is 2.29. The van der Waals surface area contributed by atoms with Crippen molar-refractivity contribution in [3.05, 3.63) is 0 Å². The van der Waals surface area contributed by atoms with Gasteiger partial charge in [-0.3, -0.25) is 14.4 Å². The van der Waals surface area contributed by atoms with Gasteiger partial charge in [0.25, 0.3) is 0 Å². The van der Waals surface area contributed by atoms with E-state index in [2.05, 4.69) is 6.92 Å². The molecule has 0 aromatic heterocycles. The van der Waals surface area contributed by atoms with Crippen molar-refractivity contribution >= 4 is 17.5 Å². The molecule has 2 spiro atoms. The topological polar surface area (TPSA) is 108 Å². The summed E-state index contributed by atoms with van der Waals surface area (Å²) >= 11 is 0. The van der Waals surface area contributed by atoms with Crippen molar-refractivity contribution < 1.29 is 38.4 Å². The van der Waals surface area contributed by atoms with E-state index in [9.17, 15) is 19.5 Å². The molecule has 4 unspecified atom stereocenters. The largest absolute Gasteiger partial charge is 0.481 e. The molecular formula is C22H30O8. The molecule has 2 aliphatic heterocycles. The maximum atomic E-state index is 13.7. The van der Waals surface area contributed by atoms with Crippen molar-refractivity contribution in [3.63, 3.8) is 0 Å². The fourth-order valence-electron chi connectivity index (χ4n) is 7.77. The zero-order chi connectivity index (χ0) is 21.4. The number of hydrogen-bond donors (Lipinski definition) is 1. The minimum absolute atomic E-state index is 0.0270. The van der Waals surface area contributed by atoms with Gasteiger partial charge in [-0.2, -0.15) is 0 Å². The molecule has 8 heteroatoms. The van der Waals surface area contributed by atoms with Crippen LogP contribution in [0.4, 0.5) is 0 Å². The van der Waals surface area contributed by atoms with Crippen LogP contribution in [-0.4, -0.2) is 54.2 Å². The molecule has 166 valence electrons. The van der Waals surface area contributed by atoms with Crippen molar-refractivity contribution in [3.8, 4) is 0 Å². The Bertz CT molecular complexity index is 782. The first-order valence-corrected chi connectivity index (χ1v) is 11.0. The standard InChI is InChI=1S/C22H30O8/c1-19(7-6-17(25)26)16(24)4-3-13-14-5-8-21(20(14,2)9-15(23)18(13)19)22(30-12-28-21)10-27-11-29-22/h13-14,18H,3-12H2,1-2H3,(H,25,26)/t13?,14?,18?,19-,20-,21+,22?/m0/s1. The first-order chi connectivity index (χ1) is 14.2. The molecule has 2 heterocycles. The monoisotopic (exact) mass is 422 g/mol. The number of Topliss-reactive ketones (excluding diaryl/α,β-unsaturated/α-hetero) is 2. The van der Waals surface area contributed by atoms with Crippen LogP contribution in [0.15, 0.2) is 0 Å². The van der Waals surface area contributed by atoms with Gasteiger partial charge in [0.2, 0.25) is 5.79 Å². The summed E-state index contributed by atoms with van der Waals surface area (Å²) in [6.45, 7) is 4.47. The van der Waals surface area contributed by atoms with Gasteiger partial charge in [-0.05, 0) is 37.5 Å². The average Bonchev–Trinajstić information content (AvgIpc) is 3.38. The second-order valence-corrected chi connectivity index (χ2v) is 10.2. The number of hydrogen-bond acceptors (Lipinski definition) is 7. The molecule has 0 aromatic rings. The van der Waals surface area contributed by atoms with Gasteiger partial charge in [0.15, 0.2) is 13.6 Å². The lowest BCUT2D eigenvalue weighted by Crippen LogP contribution is -2.65. The highest BCUT2D eigenvalue weighted by atomic mass is 16.9. The Kier molecular flexibility index (Phi) is 4.50. The fraction of sp³-hybridized carbons (Fsp3) is 0.864. The molecule has 8 nitrogen and oxygen atoms in total. The normalized spacial score (nSPS) is 50.3. The lowest BCUT2D eigenvalue weighted by Gasteiger charge is -2.57. The number of ether oxygens (including phenoxy) is 4. The van der Waals surface area contributed by atoms with Crippen LogP contribution in [0.2, 0.25) is 0 Å². The third kappa shape index (κ3) is 2.39. The van der Waals surface area contributed by atoms with Crippen molar-refractivity contribution in [2.24, 2.45) is 28.6 Å². The first kappa shape index (κ1) is 20.5. The second kappa shape index (κ2) is 6.58. The first-order valence-electron chi connectivity index (χ1n) is 11.0. The van der Waals surface area contributed by atoms with E-state index in [0.29, 0.717) is 19.3 Å². The van der Waals surface area contributed by atoms with E-state index in [1.807, 2.05) is 6.92 Å². The summed E-state index contributed by atoms with van der Waals surface area (Å²) in [4.78, 5) is 37.8. The Labute approximate surface area is 175 Å². The summed E-state index contributed by atoms with van der Waals surface area (Å²) in [5, 5.41) is 9.20. The Morgan fingerprint density at radius 1 is 1.13 bits per heavy atom. The van der Waals surface area contributed by atoms with Gasteiger partial charge < -0.3 is 24.1 Å². The number of aliphatic carboxylic acids is 1. The van der Waals surface area contributed by atoms with Gasteiger partial charge in [-0.25, -0.2) is 0 Å². The van der Waals surface area contributed by atoms with Gasteiger partial charge in [-0.1, -0.05) is 13.8 Å². The van der Waals surface area contributed by atoms with Crippen molar-refractivity contribution in [1.29, 1.82) is 0 Å². The van der Waals surface area contributed by atoms with E-state index in [0.717, 1.165) is 6.42 Å². The number of carboxylic acids is 1. The number of carboxylic acid groups (broad SMARTS) is 1. The minimum Gasteiger partial charge on any atom is -0.481 e. The van der Waals surface area contributed by atoms with E-state index in [-0.39, 0.29) is 62.9 Å². The molecule has 1 N–H and O–H groups in total. The highest BCUT2D eigenvalue weighted by molar-refractivity contribution is 5.95. The highest BCUT2D eigenvalue weighted by Gasteiger charge is 2.77. The Morgan fingerprint density at radius 3 is 2.60 bits per heavy atom. The summed E-state index contributed by atoms with van der Waals surface area (Å²) in [6.07, 6.45) is 3.03. The van der Waals surface area contributed by atoms with Crippen LogP contribution in [0.25, 0.3) is 0 Å². The van der Waals surface area contributed by atoms with Crippen LogP contribution >= 0.6 is 0 Å². The zero-order valence-corrected chi connectivity index (χ0v) is 17.6. The van der Waals surface area contributed by atoms with Crippen LogP contribution in [0.3, 0.4) is 0 Å². The van der Waals surface area contributed by atoms with Crippen LogP contribution in [-0.2, 0) is 33.3 Å². The van der Waals surface area contributed by atoms with Crippen molar-refractivity contribution in [1.82, 2.24) is 0 Å². The summed E-state index contributed by atoms with van der Waals surface area (Å²) in [5.41, 5.74) is -2.14. The molecule has 3 aliphatic carbocycles. The maximum absolute atomic E-state index is 13.7. The fourth-order valence-corrected chi connectivity index (χ4v) is 7.77. The van der Waals surface area contributed by atoms with Crippen LogP contribution in [0.1, 0.15) is 58.8 Å². The Hall–Kier alpha value is -1.35. The van der Waals surface area contributed by atoms with E-state index in [4.69, 9.17) is 18.9 Å². The molecule has 0 radical (unpaired) electrons. The molecule has 5 fully saturated rings. The van der Waals surface area contributed by atoms with Crippen LogP contribution < -0.4 is 0 Å². The smallest absolute Gasteiger partial charge is 0.303 e. The molecule has 3 saturated carbocycles. The molecule has 0 bridgehead atoms. The van der Waals surface area contributed by atoms with Gasteiger partial charge in [0, 0.05) is 36.0 Å². The third-order valence-corrected chi connectivity index (χ3v) is 9.15. The molecule has 5 rings (SSSR count). The summed E-state index contributed by atoms with van der Waals surface area (Å²) < 4.78 is 23.7. The molecular weight excluding hydrogens is 392 g/mol. The highest BCUT2D eigenvalue weighted by Crippen LogP contribution is 2.69. The molecule has 5 aliphatic rings. The summed E-state index contributed by atoms with van der Waals surface area (Å²) in [7, 11) is 0. The Morgan fingerprint density at radius 2 is 1.90 bits per heavy atom. The second-order valence-electron chi connectivity index (χ2n) is 10.2. The minimum atomic E-state index is -0.985. The lowest BCUT2D eigenvalue weighted by atomic mass is 9.47. The number of fused-ring (bicyclic) bond motifs is 5. The number of rotatable bonds is 3. The van der Waals surface area contributed by atoms with E-state index >= 15 is 0 Å². The van der Waals surface area contributed by atoms with Gasteiger partial charge in [-0.15, -0.1) is 0 Å². The van der Waals surface area contributed by atoms with Crippen LogP contribution in [0.5, 0.6) is 0 Å². The van der Waals surface area contributed by atoms with Crippen LogP contribution in [0, 0.1) is 28.6 Å². The zero-order valence-electron chi connectivity index (χ0n) is 17.6. The number of carbonyl (C=O) groups is 3. The number of ketones is 2. The van der Waals surface area contributed by atoms with E-state index in [1.54, 1.807) is 0 Å². The lowest BCUT2D eigenvalue weighted by molar-refractivity contribution is -0.246. The molecule has 0 aromatic carbocycles. The van der Waals surface area contributed by atoms with E-state index in [1.165, 1.54) is 0 Å². The maximum Gasteiger partial charge on any atom is 0.303 e. The predicted molar refractivity (Wildman–Crippen MR) is 101 cm³/mol. The summed E-state index contributed by atoms with van der Waals surface area (Å²) in [5.74, 6) is -2.05. The van der Waals surface area contributed by atoms with Crippen molar-refractivity contribution in [2.75, 3.05) is 20.2 Å². The molecule has 7 atom stereocenters. The number of carbonyl (C=O) groups excluding carboxylic acids is 2. The molecule has 2 saturated heterocycles. The third-order valence-electron chi connectivity index (χ3n) is 9.15. The molecule has 30 heavy (non-hydrogen) atoms. The van der Waals surface area contributed by atoms with Crippen molar-refractivity contribution in [2.45, 2.75) is 70.2 Å². The van der Waals surface area contributed by atoms with E-state index < -0.39 is 34.1 Å². The molecule has 0 amide bonds. The summed E-state index contributed by atoms with van der Waals surface area (Å²) in [6, 6.07) is 0. The average molecular weight is 422 g/mol. The van der Waals surface area contributed by atoms with Gasteiger partial charge >= 0.3 is 5.97 Å². The van der Waals surface area contributed by atoms with Gasteiger partial charge in [0.1, 0.15) is 23.8 Å². The Balaban J connectivity index is 1.52. The SMILES string of the molecule is C[C@]1(CCC(=O)O)C(=O)CCC2C1C(=O)C[C@@]1(C)C2CC[C@@]12OCOC21COCO1.